The van der Waals surface area contributed by atoms with Crippen LogP contribution in [0.5, 0.6) is 5.75 Å². The van der Waals surface area contributed by atoms with Crippen molar-refractivity contribution in [3.63, 3.8) is 0 Å². The molecular formula is C28H28FN5O3S. The van der Waals surface area contributed by atoms with Crippen molar-refractivity contribution in [2.45, 2.75) is 26.8 Å². The Morgan fingerprint density at radius 2 is 1.84 bits per heavy atom. The van der Waals surface area contributed by atoms with E-state index in [1.807, 2.05) is 42.5 Å². The molecule has 0 radical (unpaired) electrons. The van der Waals surface area contributed by atoms with Gasteiger partial charge >= 0.3 is 0 Å². The summed E-state index contributed by atoms with van der Waals surface area (Å²) in [5, 5.41) is 20.0. The molecule has 10 heteroatoms. The van der Waals surface area contributed by atoms with Gasteiger partial charge in [-0.05, 0) is 48.7 Å². The smallest absolute Gasteiger partial charge is 0.254 e. The molecule has 0 saturated carbocycles. The zero-order valence-corrected chi connectivity index (χ0v) is 22.0. The van der Waals surface area contributed by atoms with Gasteiger partial charge in [-0.1, -0.05) is 48.6 Å². The van der Waals surface area contributed by atoms with Crippen LogP contribution in [0.4, 0.5) is 15.2 Å². The van der Waals surface area contributed by atoms with Crippen molar-refractivity contribution in [2.75, 3.05) is 30.5 Å². The normalized spacial score (nSPS) is 13.0. The third-order valence-electron chi connectivity index (χ3n) is 6.62. The maximum absolute atomic E-state index is 15.2. The summed E-state index contributed by atoms with van der Waals surface area (Å²) < 4.78 is 21.1. The Morgan fingerprint density at radius 1 is 1.11 bits per heavy atom. The molecule has 0 unspecified atom stereocenters. The third kappa shape index (κ3) is 4.92. The molecule has 38 heavy (non-hydrogen) atoms. The van der Waals surface area contributed by atoms with Crippen LogP contribution >= 0.6 is 11.3 Å². The van der Waals surface area contributed by atoms with Crippen LogP contribution in [0.2, 0.25) is 0 Å². The molecule has 0 saturated heterocycles. The van der Waals surface area contributed by atoms with E-state index in [9.17, 15) is 10.0 Å². The number of carbonyl (C=O) groups is 1. The lowest BCUT2D eigenvalue weighted by Crippen LogP contribution is -2.33. The van der Waals surface area contributed by atoms with Crippen LogP contribution in [0.3, 0.4) is 0 Å². The van der Waals surface area contributed by atoms with Crippen molar-refractivity contribution < 1.29 is 19.1 Å². The van der Waals surface area contributed by atoms with Crippen LogP contribution in [-0.2, 0) is 13.0 Å². The Morgan fingerprint density at radius 3 is 2.53 bits per heavy atom. The number of anilines is 2. The second kappa shape index (κ2) is 10.8. The highest BCUT2D eigenvalue weighted by atomic mass is 32.1. The summed E-state index contributed by atoms with van der Waals surface area (Å²) in [5.41, 5.74) is 10.2. The van der Waals surface area contributed by atoms with Gasteiger partial charge in [0.1, 0.15) is 17.4 Å². The number of amides is 1. The van der Waals surface area contributed by atoms with Crippen LogP contribution < -0.4 is 15.5 Å². The van der Waals surface area contributed by atoms with E-state index in [0.717, 1.165) is 38.1 Å². The van der Waals surface area contributed by atoms with E-state index in [0.29, 0.717) is 36.8 Å². The number of hydrogen-bond donors (Lipinski definition) is 2. The number of aromatic nitrogens is 2. The standard InChI is InChI=1S/C28H28FN5O3S/c1-3-21-22(10-11-23(25(21)29)34(36)4-2)27(35)33-13-14-37-24-12-9-19(15-20(24)16-33)17-5-7-18(8-6-17)26-31-32-28(30)38-26/h5-12,15,36H,3-4,13-14,16H2,1-2H3,(H2,30,32). The van der Waals surface area contributed by atoms with Gasteiger partial charge in [-0.25, -0.2) is 4.39 Å². The summed E-state index contributed by atoms with van der Waals surface area (Å²) in [6, 6.07) is 16.9. The van der Waals surface area contributed by atoms with Gasteiger partial charge in [-0.3, -0.25) is 15.1 Å². The largest absolute Gasteiger partial charge is 0.491 e. The Labute approximate surface area is 224 Å². The Kier molecular flexibility index (Phi) is 7.26. The molecule has 0 fully saturated rings. The first-order valence-corrected chi connectivity index (χ1v) is 13.2. The molecule has 196 valence electrons. The highest BCUT2D eigenvalue weighted by Gasteiger charge is 2.26. The van der Waals surface area contributed by atoms with Crippen LogP contribution in [0.1, 0.15) is 35.3 Å². The van der Waals surface area contributed by atoms with Crippen molar-refractivity contribution in [1.82, 2.24) is 15.1 Å². The summed E-state index contributed by atoms with van der Waals surface area (Å²) in [6.07, 6.45) is 0.322. The van der Waals surface area contributed by atoms with E-state index < -0.39 is 5.82 Å². The zero-order chi connectivity index (χ0) is 26.8. The van der Waals surface area contributed by atoms with Gasteiger partial charge in [0, 0.05) is 35.3 Å². The average Bonchev–Trinajstić information content (AvgIpc) is 3.26. The summed E-state index contributed by atoms with van der Waals surface area (Å²) in [4.78, 5) is 15.3. The van der Waals surface area contributed by atoms with E-state index in [1.165, 1.54) is 17.4 Å². The maximum atomic E-state index is 15.2. The minimum Gasteiger partial charge on any atom is -0.491 e. The molecule has 4 aromatic rings. The molecule has 0 bridgehead atoms. The Hall–Kier alpha value is -4.02. The minimum absolute atomic E-state index is 0.0655. The monoisotopic (exact) mass is 533 g/mol. The predicted molar refractivity (Wildman–Crippen MR) is 146 cm³/mol. The van der Waals surface area contributed by atoms with Crippen molar-refractivity contribution in [3.05, 3.63) is 77.1 Å². The number of fused-ring (bicyclic) bond motifs is 1. The van der Waals surface area contributed by atoms with Crippen molar-refractivity contribution in [1.29, 1.82) is 0 Å². The van der Waals surface area contributed by atoms with Gasteiger partial charge in [0.2, 0.25) is 5.13 Å². The molecule has 3 aromatic carbocycles. The highest BCUT2D eigenvalue weighted by Crippen LogP contribution is 2.33. The number of nitrogen functional groups attached to an aromatic ring is 1. The lowest BCUT2D eigenvalue weighted by Gasteiger charge is -2.23. The van der Waals surface area contributed by atoms with E-state index in [-0.39, 0.29) is 23.7 Å². The number of nitrogens with zero attached hydrogens (tertiary/aromatic N) is 4. The quantitative estimate of drug-likeness (QED) is 0.320. The van der Waals surface area contributed by atoms with E-state index in [4.69, 9.17) is 10.5 Å². The van der Waals surface area contributed by atoms with Gasteiger partial charge in [0.15, 0.2) is 5.82 Å². The van der Waals surface area contributed by atoms with Gasteiger partial charge in [0.25, 0.3) is 5.91 Å². The Balaban J connectivity index is 1.41. The summed E-state index contributed by atoms with van der Waals surface area (Å²) in [7, 11) is 0. The highest BCUT2D eigenvalue weighted by molar-refractivity contribution is 7.18. The van der Waals surface area contributed by atoms with Crippen molar-refractivity contribution >= 4 is 28.1 Å². The molecule has 1 amide bonds. The first-order valence-electron chi connectivity index (χ1n) is 12.4. The van der Waals surface area contributed by atoms with Gasteiger partial charge in [-0.15, -0.1) is 10.2 Å². The topological polar surface area (TPSA) is 105 Å². The molecule has 2 heterocycles. The fraction of sp³-hybridized carbons (Fsp3) is 0.250. The molecule has 1 aliphatic heterocycles. The van der Waals surface area contributed by atoms with E-state index >= 15 is 4.39 Å². The summed E-state index contributed by atoms with van der Waals surface area (Å²) in [5.74, 6) is -0.118. The number of hydrogen-bond acceptors (Lipinski definition) is 8. The molecule has 3 N–H and O–H groups in total. The second-order valence-electron chi connectivity index (χ2n) is 8.91. The number of nitrogens with two attached hydrogens (primary N) is 1. The van der Waals surface area contributed by atoms with E-state index in [2.05, 4.69) is 10.2 Å². The maximum Gasteiger partial charge on any atom is 0.254 e. The number of hydroxylamine groups is 1. The van der Waals surface area contributed by atoms with Gasteiger partial charge < -0.3 is 15.4 Å². The van der Waals surface area contributed by atoms with Crippen molar-refractivity contribution in [3.8, 4) is 27.4 Å². The fourth-order valence-electron chi connectivity index (χ4n) is 4.60. The molecule has 0 aliphatic carbocycles. The fourth-order valence-corrected chi connectivity index (χ4v) is 5.21. The molecule has 1 aliphatic rings. The summed E-state index contributed by atoms with van der Waals surface area (Å²) in [6.45, 7) is 4.78. The van der Waals surface area contributed by atoms with E-state index in [1.54, 1.807) is 24.8 Å². The van der Waals surface area contributed by atoms with Crippen LogP contribution in [0, 0.1) is 5.82 Å². The molecular weight excluding hydrogens is 505 g/mol. The van der Waals surface area contributed by atoms with Gasteiger partial charge in [-0.2, -0.15) is 0 Å². The molecule has 5 rings (SSSR count). The molecule has 8 nitrogen and oxygen atoms in total. The van der Waals surface area contributed by atoms with Gasteiger partial charge in [0.05, 0.1) is 12.2 Å². The molecule has 0 spiro atoms. The summed E-state index contributed by atoms with van der Waals surface area (Å²) >= 11 is 1.33. The lowest BCUT2D eigenvalue weighted by molar-refractivity contribution is 0.0731. The minimum atomic E-state index is -0.573. The number of ether oxygens (including phenoxy) is 1. The first-order chi connectivity index (χ1) is 18.4. The van der Waals surface area contributed by atoms with Crippen LogP contribution in [0.15, 0.2) is 54.6 Å². The second-order valence-corrected chi connectivity index (χ2v) is 9.92. The number of benzene rings is 3. The number of rotatable bonds is 6. The SMILES string of the molecule is CCc1c(C(=O)N2CCOc3ccc(-c4ccc(-c5nnc(N)s5)cc4)cc3C2)ccc(N(O)CC)c1F. The first kappa shape index (κ1) is 25.6. The Bertz CT molecular complexity index is 1470. The van der Waals surface area contributed by atoms with Crippen molar-refractivity contribution in [2.24, 2.45) is 0 Å². The third-order valence-corrected chi connectivity index (χ3v) is 7.42. The molecule has 0 atom stereocenters. The lowest BCUT2D eigenvalue weighted by atomic mass is 10.00. The van der Waals surface area contributed by atoms with Crippen LogP contribution in [-0.4, -0.2) is 45.9 Å². The predicted octanol–water partition coefficient (Wildman–Crippen LogP) is 5.41. The molecule has 1 aromatic heterocycles. The average molecular weight is 534 g/mol. The zero-order valence-electron chi connectivity index (χ0n) is 21.1. The number of carbonyl (C=O) groups excluding carboxylic acids is 1. The van der Waals surface area contributed by atoms with Crippen LogP contribution in [0.25, 0.3) is 21.7 Å². The number of halogens is 1.